The summed E-state index contributed by atoms with van der Waals surface area (Å²) < 4.78 is 1.18. The number of nitrogens with one attached hydrogen (secondary N) is 1. The molecule has 0 spiro atoms. The lowest BCUT2D eigenvalue weighted by Gasteiger charge is -2.15. The van der Waals surface area contributed by atoms with Gasteiger partial charge in [-0.2, -0.15) is 0 Å². The summed E-state index contributed by atoms with van der Waals surface area (Å²) in [6, 6.07) is 15.2. The monoisotopic (exact) mass is 350 g/mol. The van der Waals surface area contributed by atoms with Gasteiger partial charge in [0.05, 0.1) is 0 Å². The Morgan fingerprint density at radius 3 is 2.33 bits per heavy atom. The minimum absolute atomic E-state index is 0.500. The summed E-state index contributed by atoms with van der Waals surface area (Å²) in [5.41, 5.74) is 10.7. The summed E-state index contributed by atoms with van der Waals surface area (Å²) in [4.78, 5) is 0. The van der Waals surface area contributed by atoms with Gasteiger partial charge in [0.2, 0.25) is 0 Å². The number of hydrogen-bond acceptors (Lipinski definition) is 2. The lowest BCUT2D eigenvalue weighted by atomic mass is 10.1. The number of anilines is 2. The summed E-state index contributed by atoms with van der Waals surface area (Å²) in [5, 5.41) is 3.62. The van der Waals surface area contributed by atoms with Gasteiger partial charge < -0.3 is 11.1 Å². The molecule has 0 heterocycles. The quantitative estimate of drug-likeness (QED) is 0.643. The Hall–Kier alpha value is -1.23. The zero-order chi connectivity index (χ0) is 12.5. The molecule has 1 aliphatic carbocycles. The molecule has 0 saturated heterocycles. The van der Waals surface area contributed by atoms with E-state index in [1.54, 1.807) is 0 Å². The van der Waals surface area contributed by atoms with E-state index in [1.165, 1.54) is 20.4 Å². The van der Waals surface area contributed by atoms with Gasteiger partial charge in [0.15, 0.2) is 0 Å². The van der Waals surface area contributed by atoms with E-state index in [2.05, 4.69) is 58.2 Å². The molecule has 0 unspecified atom stereocenters. The summed E-state index contributed by atoms with van der Waals surface area (Å²) in [6.07, 6.45) is 2.22. The Morgan fingerprint density at radius 2 is 1.72 bits per heavy atom. The molecule has 2 nitrogen and oxygen atoms in total. The van der Waals surface area contributed by atoms with E-state index in [4.69, 9.17) is 5.73 Å². The van der Waals surface area contributed by atoms with Crippen molar-refractivity contribution < 1.29 is 0 Å². The highest BCUT2D eigenvalue weighted by Crippen LogP contribution is 2.27. The van der Waals surface area contributed by atoms with Crippen LogP contribution in [0.2, 0.25) is 0 Å². The summed E-state index contributed by atoms with van der Waals surface area (Å²) in [7, 11) is 0. The molecule has 1 aliphatic rings. The standard InChI is InChI=1S/C15H15IN2/c16-14-9-12(17)5-6-15(14)18-13-7-10-3-1-2-4-11(10)8-13/h1-6,9,13,18H,7-8,17H2. The third-order valence-corrected chi connectivity index (χ3v) is 4.30. The van der Waals surface area contributed by atoms with E-state index in [1.807, 2.05) is 12.1 Å². The molecule has 18 heavy (non-hydrogen) atoms. The molecular formula is C15H15IN2. The molecule has 3 rings (SSSR count). The van der Waals surface area contributed by atoms with E-state index < -0.39 is 0 Å². The Morgan fingerprint density at radius 1 is 1.06 bits per heavy atom. The first-order chi connectivity index (χ1) is 8.72. The molecule has 92 valence electrons. The van der Waals surface area contributed by atoms with Crippen LogP contribution in [0.3, 0.4) is 0 Å². The molecule has 3 N–H and O–H groups in total. The molecule has 0 fully saturated rings. The van der Waals surface area contributed by atoms with Crippen LogP contribution in [-0.4, -0.2) is 6.04 Å². The minimum Gasteiger partial charge on any atom is -0.399 e. The number of hydrogen-bond donors (Lipinski definition) is 2. The van der Waals surface area contributed by atoms with Gasteiger partial charge in [-0.25, -0.2) is 0 Å². The van der Waals surface area contributed by atoms with Gasteiger partial charge in [0, 0.05) is 21.0 Å². The van der Waals surface area contributed by atoms with Crippen molar-refractivity contribution in [2.75, 3.05) is 11.1 Å². The first kappa shape index (κ1) is 11.8. The van der Waals surface area contributed by atoms with Crippen LogP contribution in [0.1, 0.15) is 11.1 Å². The minimum atomic E-state index is 0.500. The second kappa shape index (κ2) is 4.80. The molecule has 2 aromatic carbocycles. The van der Waals surface area contributed by atoms with Crippen LogP contribution in [0.15, 0.2) is 42.5 Å². The van der Waals surface area contributed by atoms with Crippen LogP contribution in [0.5, 0.6) is 0 Å². The largest absolute Gasteiger partial charge is 0.399 e. The first-order valence-electron chi connectivity index (χ1n) is 6.11. The van der Waals surface area contributed by atoms with Crippen molar-refractivity contribution in [3.05, 3.63) is 57.2 Å². The maximum absolute atomic E-state index is 5.77. The predicted molar refractivity (Wildman–Crippen MR) is 84.8 cm³/mol. The highest BCUT2D eigenvalue weighted by atomic mass is 127. The first-order valence-corrected chi connectivity index (χ1v) is 7.18. The molecule has 2 aromatic rings. The van der Waals surface area contributed by atoms with Gasteiger partial charge in [0.1, 0.15) is 0 Å². The topological polar surface area (TPSA) is 38.0 Å². The fourth-order valence-corrected chi connectivity index (χ4v) is 3.22. The van der Waals surface area contributed by atoms with Crippen molar-refractivity contribution in [2.24, 2.45) is 0 Å². The zero-order valence-electron chi connectivity index (χ0n) is 9.99. The van der Waals surface area contributed by atoms with Crippen molar-refractivity contribution >= 4 is 34.0 Å². The van der Waals surface area contributed by atoms with Gasteiger partial charge in [-0.3, -0.25) is 0 Å². The van der Waals surface area contributed by atoms with E-state index >= 15 is 0 Å². The molecule has 3 heteroatoms. The van der Waals surface area contributed by atoms with E-state index in [9.17, 15) is 0 Å². The molecule has 0 saturated carbocycles. The zero-order valence-corrected chi connectivity index (χ0v) is 12.1. The number of nitrogen functional groups attached to an aromatic ring is 1. The Kier molecular flexibility index (Phi) is 3.16. The third-order valence-electron chi connectivity index (χ3n) is 3.40. The van der Waals surface area contributed by atoms with Gasteiger partial charge in [-0.1, -0.05) is 24.3 Å². The van der Waals surface area contributed by atoms with Gasteiger partial charge >= 0.3 is 0 Å². The van der Waals surface area contributed by atoms with Crippen molar-refractivity contribution in [1.29, 1.82) is 0 Å². The highest BCUT2D eigenvalue weighted by molar-refractivity contribution is 14.1. The number of halogens is 1. The molecule has 0 aliphatic heterocycles. The number of nitrogens with two attached hydrogens (primary N) is 1. The van der Waals surface area contributed by atoms with Gasteiger partial charge in [-0.15, -0.1) is 0 Å². The smallest absolute Gasteiger partial charge is 0.0479 e. The van der Waals surface area contributed by atoms with E-state index in [0.717, 1.165) is 18.5 Å². The van der Waals surface area contributed by atoms with Crippen molar-refractivity contribution in [3.63, 3.8) is 0 Å². The summed E-state index contributed by atoms with van der Waals surface area (Å²) in [5.74, 6) is 0. The molecule has 0 atom stereocenters. The van der Waals surface area contributed by atoms with Crippen molar-refractivity contribution in [2.45, 2.75) is 18.9 Å². The summed E-state index contributed by atoms with van der Waals surface area (Å²) in [6.45, 7) is 0. The molecular weight excluding hydrogens is 335 g/mol. The number of benzene rings is 2. The summed E-state index contributed by atoms with van der Waals surface area (Å²) >= 11 is 2.33. The average molecular weight is 350 g/mol. The highest BCUT2D eigenvalue weighted by Gasteiger charge is 2.20. The van der Waals surface area contributed by atoms with Crippen LogP contribution in [0.4, 0.5) is 11.4 Å². The van der Waals surface area contributed by atoms with Crippen LogP contribution in [0, 0.1) is 3.57 Å². The molecule has 0 bridgehead atoms. The second-order valence-electron chi connectivity index (χ2n) is 4.76. The Bertz CT molecular complexity index is 555. The fourth-order valence-electron chi connectivity index (χ4n) is 2.53. The SMILES string of the molecule is Nc1ccc(NC2Cc3ccccc3C2)c(I)c1. The van der Waals surface area contributed by atoms with Gasteiger partial charge in [0.25, 0.3) is 0 Å². The van der Waals surface area contributed by atoms with Crippen LogP contribution in [-0.2, 0) is 12.8 Å². The molecule has 0 aromatic heterocycles. The fraction of sp³-hybridized carbons (Fsp3) is 0.200. The second-order valence-corrected chi connectivity index (χ2v) is 5.92. The number of fused-ring (bicyclic) bond motifs is 1. The van der Waals surface area contributed by atoms with Crippen LogP contribution in [0.25, 0.3) is 0 Å². The predicted octanol–water partition coefficient (Wildman–Crippen LogP) is 3.45. The molecule has 0 amide bonds. The lowest BCUT2D eigenvalue weighted by molar-refractivity contribution is 0.773. The van der Waals surface area contributed by atoms with Crippen LogP contribution < -0.4 is 11.1 Å². The maximum Gasteiger partial charge on any atom is 0.0479 e. The van der Waals surface area contributed by atoms with E-state index in [-0.39, 0.29) is 0 Å². The van der Waals surface area contributed by atoms with Crippen molar-refractivity contribution in [3.8, 4) is 0 Å². The lowest BCUT2D eigenvalue weighted by Crippen LogP contribution is -2.20. The number of rotatable bonds is 2. The van der Waals surface area contributed by atoms with Gasteiger partial charge in [-0.05, 0) is 64.8 Å². The van der Waals surface area contributed by atoms with E-state index in [0.29, 0.717) is 6.04 Å². The Labute approximate surface area is 121 Å². The van der Waals surface area contributed by atoms with Crippen molar-refractivity contribution in [1.82, 2.24) is 0 Å². The average Bonchev–Trinajstić information content (AvgIpc) is 2.75. The molecule has 0 radical (unpaired) electrons. The van der Waals surface area contributed by atoms with Crippen LogP contribution >= 0.6 is 22.6 Å². The normalized spacial score (nSPS) is 14.5. The third kappa shape index (κ3) is 2.32. The Balaban J connectivity index is 1.76. The maximum atomic E-state index is 5.77.